The predicted molar refractivity (Wildman–Crippen MR) is 67.0 cm³/mol. The fraction of sp³-hybridized carbons (Fsp3) is 0.846. The molecule has 2 fully saturated rings. The molecule has 0 spiro atoms. The molecular weight excluding hydrogens is 232 g/mol. The van der Waals surface area contributed by atoms with Gasteiger partial charge in [-0.25, -0.2) is 0 Å². The molecule has 0 saturated carbocycles. The fourth-order valence-electron chi connectivity index (χ4n) is 2.60. The van der Waals surface area contributed by atoms with E-state index in [0.717, 1.165) is 32.4 Å². The Morgan fingerprint density at radius 3 is 3.06 bits per heavy atom. The summed E-state index contributed by atoms with van der Waals surface area (Å²) in [5.74, 6) is -0.0722. The van der Waals surface area contributed by atoms with Crippen molar-refractivity contribution in [3.05, 3.63) is 0 Å². The minimum absolute atomic E-state index is 0.00236. The Kier molecular flexibility index (Phi) is 4.58. The maximum Gasteiger partial charge on any atom is 0.225 e. The molecule has 1 N–H and O–H groups in total. The Morgan fingerprint density at radius 1 is 1.56 bits per heavy atom. The van der Waals surface area contributed by atoms with Gasteiger partial charge in [-0.05, 0) is 19.3 Å². The first-order valence-corrected chi connectivity index (χ1v) is 6.87. The van der Waals surface area contributed by atoms with Crippen LogP contribution in [0.15, 0.2) is 0 Å². The average Bonchev–Trinajstić information content (AvgIpc) is 2.97. The lowest BCUT2D eigenvalue weighted by molar-refractivity contribution is -0.129. The summed E-state index contributed by atoms with van der Waals surface area (Å²) in [4.78, 5) is 25.4. The number of ether oxygens (including phenoxy) is 1. The molecule has 2 aliphatic heterocycles. The minimum Gasteiger partial charge on any atom is -0.376 e. The third kappa shape index (κ3) is 3.22. The standard InChI is InChI=1S/C13H22N2O3/c1-2-5-15-9-10(7-12(15)16)13(17)14-8-11-4-3-6-18-11/h10-11H,2-9H2,1H3,(H,14,17)/t10-,11-/m0/s1. The second kappa shape index (κ2) is 6.18. The van der Waals surface area contributed by atoms with Crippen LogP contribution >= 0.6 is 0 Å². The predicted octanol–water partition coefficient (Wildman–Crippen LogP) is 0.540. The quantitative estimate of drug-likeness (QED) is 0.779. The van der Waals surface area contributed by atoms with E-state index in [1.54, 1.807) is 4.90 Å². The van der Waals surface area contributed by atoms with Crippen molar-refractivity contribution in [1.82, 2.24) is 10.2 Å². The van der Waals surface area contributed by atoms with Crippen molar-refractivity contribution in [2.75, 3.05) is 26.2 Å². The molecule has 5 heteroatoms. The molecule has 2 rings (SSSR count). The summed E-state index contributed by atoms with van der Waals surface area (Å²) >= 11 is 0. The fourth-order valence-corrected chi connectivity index (χ4v) is 2.60. The van der Waals surface area contributed by atoms with Gasteiger partial charge in [0.15, 0.2) is 0 Å². The monoisotopic (exact) mass is 254 g/mol. The summed E-state index contributed by atoms with van der Waals surface area (Å²) in [7, 11) is 0. The van der Waals surface area contributed by atoms with Crippen LogP contribution in [0.5, 0.6) is 0 Å². The molecule has 2 amide bonds. The number of hydrogen-bond donors (Lipinski definition) is 1. The van der Waals surface area contributed by atoms with Gasteiger partial charge in [-0.1, -0.05) is 6.92 Å². The Bertz CT molecular complexity index is 313. The summed E-state index contributed by atoms with van der Waals surface area (Å²) < 4.78 is 5.45. The van der Waals surface area contributed by atoms with Gasteiger partial charge in [0, 0.05) is 32.7 Å². The number of rotatable bonds is 5. The maximum absolute atomic E-state index is 12.0. The lowest BCUT2D eigenvalue weighted by atomic mass is 10.1. The highest BCUT2D eigenvalue weighted by molar-refractivity contribution is 5.89. The van der Waals surface area contributed by atoms with Gasteiger partial charge in [0.05, 0.1) is 12.0 Å². The Balaban J connectivity index is 1.74. The molecule has 0 aromatic rings. The molecule has 102 valence electrons. The van der Waals surface area contributed by atoms with Gasteiger partial charge < -0.3 is 15.0 Å². The van der Waals surface area contributed by atoms with Gasteiger partial charge >= 0.3 is 0 Å². The van der Waals surface area contributed by atoms with Crippen molar-refractivity contribution >= 4 is 11.8 Å². The molecule has 18 heavy (non-hydrogen) atoms. The lowest BCUT2D eigenvalue weighted by Crippen LogP contribution is -2.37. The Labute approximate surface area is 108 Å². The van der Waals surface area contributed by atoms with Gasteiger partial charge in [0.25, 0.3) is 0 Å². The lowest BCUT2D eigenvalue weighted by Gasteiger charge is -2.16. The highest BCUT2D eigenvalue weighted by Gasteiger charge is 2.33. The first-order chi connectivity index (χ1) is 8.70. The first kappa shape index (κ1) is 13.3. The largest absolute Gasteiger partial charge is 0.376 e. The molecule has 0 bridgehead atoms. The molecule has 2 saturated heterocycles. The second-order valence-electron chi connectivity index (χ2n) is 5.12. The van der Waals surface area contributed by atoms with Gasteiger partial charge in [0.1, 0.15) is 0 Å². The van der Waals surface area contributed by atoms with Crippen LogP contribution in [0.1, 0.15) is 32.6 Å². The molecule has 2 heterocycles. The molecule has 5 nitrogen and oxygen atoms in total. The molecule has 0 aromatic heterocycles. The van der Waals surface area contributed by atoms with Crippen molar-refractivity contribution in [2.24, 2.45) is 5.92 Å². The highest BCUT2D eigenvalue weighted by atomic mass is 16.5. The van der Waals surface area contributed by atoms with E-state index in [1.807, 2.05) is 6.92 Å². The van der Waals surface area contributed by atoms with E-state index in [-0.39, 0.29) is 23.8 Å². The van der Waals surface area contributed by atoms with E-state index in [1.165, 1.54) is 0 Å². The normalized spacial score (nSPS) is 27.8. The number of hydrogen-bond acceptors (Lipinski definition) is 3. The molecule has 0 unspecified atom stereocenters. The third-order valence-corrected chi connectivity index (χ3v) is 3.61. The number of likely N-dealkylation sites (tertiary alicyclic amines) is 1. The first-order valence-electron chi connectivity index (χ1n) is 6.87. The summed E-state index contributed by atoms with van der Waals surface area (Å²) in [6, 6.07) is 0. The van der Waals surface area contributed by atoms with Gasteiger partial charge in [0.2, 0.25) is 11.8 Å². The number of nitrogens with zero attached hydrogens (tertiary/aromatic N) is 1. The van der Waals surface area contributed by atoms with E-state index in [2.05, 4.69) is 5.32 Å². The van der Waals surface area contributed by atoms with Crippen molar-refractivity contribution in [3.63, 3.8) is 0 Å². The molecule has 2 atom stereocenters. The van der Waals surface area contributed by atoms with Gasteiger partial charge in [-0.3, -0.25) is 9.59 Å². The van der Waals surface area contributed by atoms with E-state index in [9.17, 15) is 9.59 Å². The Morgan fingerprint density at radius 2 is 2.39 bits per heavy atom. The van der Waals surface area contributed by atoms with Crippen molar-refractivity contribution in [3.8, 4) is 0 Å². The van der Waals surface area contributed by atoms with Crippen molar-refractivity contribution < 1.29 is 14.3 Å². The van der Waals surface area contributed by atoms with Crippen LogP contribution < -0.4 is 5.32 Å². The zero-order chi connectivity index (χ0) is 13.0. The van der Waals surface area contributed by atoms with E-state index in [0.29, 0.717) is 19.5 Å². The maximum atomic E-state index is 12.0. The summed E-state index contributed by atoms with van der Waals surface area (Å²) in [6.07, 6.45) is 3.56. The van der Waals surface area contributed by atoms with Crippen LogP contribution in [0.4, 0.5) is 0 Å². The molecule has 2 aliphatic rings. The van der Waals surface area contributed by atoms with E-state index in [4.69, 9.17) is 4.74 Å². The van der Waals surface area contributed by atoms with Crippen LogP contribution in [-0.4, -0.2) is 49.1 Å². The van der Waals surface area contributed by atoms with Crippen LogP contribution in [0, 0.1) is 5.92 Å². The number of amides is 2. The van der Waals surface area contributed by atoms with Crippen molar-refractivity contribution in [2.45, 2.75) is 38.7 Å². The minimum atomic E-state index is -0.176. The SMILES string of the molecule is CCCN1C[C@@H](C(=O)NC[C@@H]2CCCO2)CC1=O. The second-order valence-corrected chi connectivity index (χ2v) is 5.12. The topological polar surface area (TPSA) is 58.6 Å². The van der Waals surface area contributed by atoms with Gasteiger partial charge in [-0.15, -0.1) is 0 Å². The number of carbonyl (C=O) groups excluding carboxylic acids is 2. The van der Waals surface area contributed by atoms with Crippen LogP contribution in [0.25, 0.3) is 0 Å². The molecule has 0 aromatic carbocycles. The zero-order valence-corrected chi connectivity index (χ0v) is 11.0. The van der Waals surface area contributed by atoms with Crippen LogP contribution in [0.2, 0.25) is 0 Å². The molecular formula is C13H22N2O3. The van der Waals surface area contributed by atoms with Crippen molar-refractivity contribution in [1.29, 1.82) is 0 Å². The number of carbonyl (C=O) groups is 2. The third-order valence-electron chi connectivity index (χ3n) is 3.61. The zero-order valence-electron chi connectivity index (χ0n) is 11.0. The average molecular weight is 254 g/mol. The van der Waals surface area contributed by atoms with Crippen LogP contribution in [0.3, 0.4) is 0 Å². The smallest absolute Gasteiger partial charge is 0.225 e. The molecule has 0 aliphatic carbocycles. The summed E-state index contributed by atoms with van der Waals surface area (Å²) in [5.41, 5.74) is 0. The summed E-state index contributed by atoms with van der Waals surface area (Å²) in [6.45, 7) is 4.75. The highest BCUT2D eigenvalue weighted by Crippen LogP contribution is 2.18. The van der Waals surface area contributed by atoms with Crippen LogP contribution in [-0.2, 0) is 14.3 Å². The summed E-state index contributed by atoms with van der Waals surface area (Å²) in [5, 5.41) is 2.91. The Hall–Kier alpha value is -1.10. The van der Waals surface area contributed by atoms with E-state index >= 15 is 0 Å². The van der Waals surface area contributed by atoms with E-state index < -0.39 is 0 Å². The molecule has 0 radical (unpaired) electrons. The van der Waals surface area contributed by atoms with Gasteiger partial charge in [-0.2, -0.15) is 0 Å². The number of nitrogens with one attached hydrogen (secondary N) is 1.